The van der Waals surface area contributed by atoms with Crippen molar-refractivity contribution in [3.8, 4) is 5.75 Å². The molecule has 156 valence electrons. The summed E-state index contributed by atoms with van der Waals surface area (Å²) < 4.78 is 6.62. The lowest BCUT2D eigenvalue weighted by Gasteiger charge is -2.31. The lowest BCUT2D eigenvalue weighted by Crippen LogP contribution is -2.51. The van der Waals surface area contributed by atoms with Gasteiger partial charge in [0.05, 0.1) is 0 Å². The van der Waals surface area contributed by atoms with Gasteiger partial charge in [-0.3, -0.25) is 9.59 Å². The Bertz CT molecular complexity index is 821. The predicted molar refractivity (Wildman–Crippen MR) is 119 cm³/mol. The maximum absolute atomic E-state index is 13.1. The molecule has 2 amide bonds. The number of nitrogens with zero attached hydrogens (tertiary/aromatic N) is 1. The van der Waals surface area contributed by atoms with E-state index in [2.05, 4.69) is 21.2 Å². The average molecular weight is 461 g/mol. The third-order valence-corrected chi connectivity index (χ3v) is 5.12. The first-order chi connectivity index (χ1) is 13.8. The summed E-state index contributed by atoms with van der Waals surface area (Å²) >= 11 is 3.38. The first-order valence-corrected chi connectivity index (χ1v) is 10.6. The number of hydrogen-bond donors (Lipinski definition) is 1. The van der Waals surface area contributed by atoms with Crippen LogP contribution in [0.2, 0.25) is 0 Å². The Hall–Kier alpha value is -2.34. The summed E-state index contributed by atoms with van der Waals surface area (Å²) in [6.45, 7) is 7.98. The molecule has 6 heteroatoms. The first kappa shape index (κ1) is 22.9. The molecule has 0 spiro atoms. The number of aryl methyl sites for hydroxylation is 1. The van der Waals surface area contributed by atoms with Gasteiger partial charge in [0.2, 0.25) is 5.91 Å². The highest BCUT2D eigenvalue weighted by Gasteiger charge is 2.29. The van der Waals surface area contributed by atoms with E-state index >= 15 is 0 Å². The number of carbonyl (C=O) groups excluding carboxylic acids is 2. The molecule has 0 aliphatic carbocycles. The Morgan fingerprint density at radius 1 is 1.10 bits per heavy atom. The molecule has 0 fully saturated rings. The van der Waals surface area contributed by atoms with Crippen molar-refractivity contribution in [1.29, 1.82) is 0 Å². The zero-order chi connectivity index (χ0) is 21.4. The van der Waals surface area contributed by atoms with E-state index in [1.54, 1.807) is 17.0 Å². The molecular formula is C23H29BrN2O3. The van der Waals surface area contributed by atoms with Crippen LogP contribution in [0.5, 0.6) is 5.75 Å². The number of hydrogen-bond acceptors (Lipinski definition) is 3. The van der Waals surface area contributed by atoms with Crippen LogP contribution in [0.3, 0.4) is 0 Å². The van der Waals surface area contributed by atoms with Gasteiger partial charge in [0.15, 0.2) is 6.61 Å². The van der Waals surface area contributed by atoms with Gasteiger partial charge in [-0.05, 0) is 62.6 Å². The summed E-state index contributed by atoms with van der Waals surface area (Å²) in [5, 5.41) is 2.93. The number of nitrogens with one attached hydrogen (secondary N) is 1. The second kappa shape index (κ2) is 11.0. The van der Waals surface area contributed by atoms with E-state index in [0.29, 0.717) is 18.7 Å². The van der Waals surface area contributed by atoms with Crippen LogP contribution in [0.15, 0.2) is 53.0 Å². The molecule has 0 aliphatic heterocycles. The predicted octanol–water partition coefficient (Wildman–Crippen LogP) is 4.47. The van der Waals surface area contributed by atoms with Crippen molar-refractivity contribution >= 4 is 27.7 Å². The molecule has 0 radical (unpaired) electrons. The van der Waals surface area contributed by atoms with E-state index in [9.17, 15) is 9.59 Å². The highest BCUT2D eigenvalue weighted by atomic mass is 79.9. The largest absolute Gasteiger partial charge is 0.484 e. The SMILES string of the molecule is CC[C@@H](C(=O)NC(C)C)N(Cc1ccccc1C)C(=O)COc1ccc(Br)cc1. The van der Waals surface area contributed by atoms with Crippen molar-refractivity contribution in [1.82, 2.24) is 10.2 Å². The molecule has 0 heterocycles. The Kier molecular flexibility index (Phi) is 8.70. The third kappa shape index (κ3) is 6.89. The van der Waals surface area contributed by atoms with Crippen LogP contribution in [0.4, 0.5) is 0 Å². The quantitative estimate of drug-likeness (QED) is 0.600. The minimum Gasteiger partial charge on any atom is -0.484 e. The minimum atomic E-state index is -0.557. The number of benzene rings is 2. The number of carbonyl (C=O) groups is 2. The second-order valence-corrected chi connectivity index (χ2v) is 8.19. The molecule has 2 aromatic rings. The summed E-state index contributed by atoms with van der Waals surface area (Å²) in [7, 11) is 0. The zero-order valence-corrected chi connectivity index (χ0v) is 19.0. The van der Waals surface area contributed by atoms with Crippen molar-refractivity contribution < 1.29 is 14.3 Å². The monoisotopic (exact) mass is 460 g/mol. The fraction of sp³-hybridized carbons (Fsp3) is 0.391. The van der Waals surface area contributed by atoms with Gasteiger partial charge in [-0.15, -0.1) is 0 Å². The van der Waals surface area contributed by atoms with Gasteiger partial charge < -0.3 is 15.0 Å². The molecular weight excluding hydrogens is 432 g/mol. The molecule has 1 N–H and O–H groups in total. The number of rotatable bonds is 9. The van der Waals surface area contributed by atoms with Crippen LogP contribution < -0.4 is 10.1 Å². The molecule has 0 saturated carbocycles. The third-order valence-electron chi connectivity index (χ3n) is 4.59. The van der Waals surface area contributed by atoms with Crippen LogP contribution in [-0.2, 0) is 16.1 Å². The normalized spacial score (nSPS) is 11.8. The molecule has 0 bridgehead atoms. The van der Waals surface area contributed by atoms with Crippen LogP contribution in [0.25, 0.3) is 0 Å². The van der Waals surface area contributed by atoms with Gasteiger partial charge in [-0.2, -0.15) is 0 Å². The zero-order valence-electron chi connectivity index (χ0n) is 17.4. The smallest absolute Gasteiger partial charge is 0.261 e. The van der Waals surface area contributed by atoms with Gasteiger partial charge in [-0.25, -0.2) is 0 Å². The lowest BCUT2D eigenvalue weighted by molar-refractivity contribution is -0.143. The second-order valence-electron chi connectivity index (χ2n) is 7.28. The fourth-order valence-corrected chi connectivity index (χ4v) is 3.29. The summed E-state index contributed by atoms with van der Waals surface area (Å²) in [6.07, 6.45) is 0.522. The fourth-order valence-electron chi connectivity index (χ4n) is 3.03. The molecule has 2 rings (SSSR count). The highest BCUT2D eigenvalue weighted by molar-refractivity contribution is 9.10. The molecule has 1 atom stereocenters. The van der Waals surface area contributed by atoms with Gasteiger partial charge in [-0.1, -0.05) is 47.1 Å². The lowest BCUT2D eigenvalue weighted by atomic mass is 10.1. The minimum absolute atomic E-state index is 0.00554. The summed E-state index contributed by atoms with van der Waals surface area (Å²) in [6, 6.07) is 14.7. The molecule has 29 heavy (non-hydrogen) atoms. The molecule has 0 aliphatic rings. The summed E-state index contributed by atoms with van der Waals surface area (Å²) in [5.41, 5.74) is 2.10. The van der Waals surface area contributed by atoms with Gasteiger partial charge in [0.25, 0.3) is 5.91 Å². The Balaban J connectivity index is 2.21. The van der Waals surface area contributed by atoms with Gasteiger partial charge in [0.1, 0.15) is 11.8 Å². The van der Waals surface area contributed by atoms with Crippen molar-refractivity contribution in [2.45, 2.75) is 52.7 Å². The van der Waals surface area contributed by atoms with E-state index in [4.69, 9.17) is 4.74 Å². The van der Waals surface area contributed by atoms with Crippen molar-refractivity contribution in [3.63, 3.8) is 0 Å². The van der Waals surface area contributed by atoms with Crippen molar-refractivity contribution in [3.05, 3.63) is 64.1 Å². The summed E-state index contributed by atoms with van der Waals surface area (Å²) in [4.78, 5) is 27.5. The highest BCUT2D eigenvalue weighted by Crippen LogP contribution is 2.18. The van der Waals surface area contributed by atoms with E-state index in [1.165, 1.54) is 0 Å². The van der Waals surface area contributed by atoms with E-state index in [0.717, 1.165) is 15.6 Å². The topological polar surface area (TPSA) is 58.6 Å². The van der Waals surface area contributed by atoms with Crippen molar-refractivity contribution in [2.24, 2.45) is 0 Å². The first-order valence-electron chi connectivity index (χ1n) is 9.84. The maximum Gasteiger partial charge on any atom is 0.261 e. The number of amides is 2. The number of halogens is 1. The van der Waals surface area contributed by atoms with Crippen LogP contribution in [0, 0.1) is 6.92 Å². The van der Waals surface area contributed by atoms with Crippen LogP contribution >= 0.6 is 15.9 Å². The number of ether oxygens (including phenoxy) is 1. The van der Waals surface area contributed by atoms with Crippen molar-refractivity contribution in [2.75, 3.05) is 6.61 Å². The average Bonchev–Trinajstić information content (AvgIpc) is 2.68. The standard InChI is InChI=1S/C23H29BrN2O3/c1-5-21(23(28)25-16(2)3)26(14-18-9-7-6-8-17(18)4)22(27)15-29-20-12-10-19(24)11-13-20/h6-13,16,21H,5,14-15H2,1-4H3,(H,25,28)/t21-/m0/s1. The van der Waals surface area contributed by atoms with E-state index in [-0.39, 0.29) is 24.5 Å². The molecule has 2 aromatic carbocycles. The molecule has 0 unspecified atom stereocenters. The molecule has 5 nitrogen and oxygen atoms in total. The maximum atomic E-state index is 13.1. The molecule has 0 saturated heterocycles. The Morgan fingerprint density at radius 2 is 1.76 bits per heavy atom. The van der Waals surface area contributed by atoms with Crippen LogP contribution in [-0.4, -0.2) is 35.4 Å². The van der Waals surface area contributed by atoms with E-state index in [1.807, 2.05) is 64.1 Å². The van der Waals surface area contributed by atoms with E-state index < -0.39 is 6.04 Å². The van der Waals surface area contributed by atoms with Gasteiger partial charge >= 0.3 is 0 Å². The van der Waals surface area contributed by atoms with Gasteiger partial charge in [0, 0.05) is 17.1 Å². The van der Waals surface area contributed by atoms with Crippen LogP contribution in [0.1, 0.15) is 38.3 Å². The Morgan fingerprint density at radius 3 is 2.34 bits per heavy atom. The Labute approximate surface area is 181 Å². The molecule has 0 aromatic heterocycles. The summed E-state index contributed by atoms with van der Waals surface area (Å²) in [5.74, 6) is 0.243.